The molecule has 2 aliphatic rings. The lowest BCUT2D eigenvalue weighted by Gasteiger charge is -2.33. The van der Waals surface area contributed by atoms with Crippen LogP contribution in [0.3, 0.4) is 0 Å². The van der Waals surface area contributed by atoms with Crippen molar-refractivity contribution in [2.45, 2.75) is 32.1 Å². The van der Waals surface area contributed by atoms with E-state index in [1.807, 2.05) is 19.0 Å². The van der Waals surface area contributed by atoms with Crippen LogP contribution in [0.15, 0.2) is 0 Å². The van der Waals surface area contributed by atoms with Gasteiger partial charge in [0.1, 0.15) is 0 Å². The number of nitrogens with zero attached hydrogens (tertiary/aromatic N) is 2. The molecular weight excluding hydrogens is 294 g/mol. The van der Waals surface area contributed by atoms with E-state index in [4.69, 9.17) is 4.74 Å². The van der Waals surface area contributed by atoms with Crippen LogP contribution in [-0.2, 0) is 14.3 Å². The lowest BCUT2D eigenvalue weighted by molar-refractivity contribution is -0.142. The maximum absolute atomic E-state index is 12.5. The van der Waals surface area contributed by atoms with E-state index in [1.54, 1.807) is 0 Å². The fourth-order valence-electron chi connectivity index (χ4n) is 3.40. The topological polar surface area (TPSA) is 61.9 Å². The van der Waals surface area contributed by atoms with Crippen LogP contribution in [0.1, 0.15) is 32.1 Å². The second-order valence-corrected chi connectivity index (χ2v) is 6.93. The number of carbonyl (C=O) groups excluding carboxylic acids is 2. The highest BCUT2D eigenvalue weighted by atomic mass is 16.5. The highest BCUT2D eigenvalue weighted by Crippen LogP contribution is 2.30. The first-order chi connectivity index (χ1) is 11.1. The predicted molar refractivity (Wildman–Crippen MR) is 89.0 cm³/mol. The van der Waals surface area contributed by atoms with Crippen LogP contribution in [0.5, 0.6) is 0 Å². The van der Waals surface area contributed by atoms with E-state index < -0.39 is 0 Å². The molecule has 1 saturated heterocycles. The summed E-state index contributed by atoms with van der Waals surface area (Å²) in [6.45, 7) is 4.45. The van der Waals surface area contributed by atoms with Gasteiger partial charge in [0.25, 0.3) is 0 Å². The molecule has 6 nitrogen and oxygen atoms in total. The van der Waals surface area contributed by atoms with Gasteiger partial charge < -0.3 is 19.9 Å². The zero-order valence-electron chi connectivity index (χ0n) is 14.6. The molecule has 23 heavy (non-hydrogen) atoms. The first-order valence-electron chi connectivity index (χ1n) is 8.87. The lowest BCUT2D eigenvalue weighted by Crippen LogP contribution is -2.45. The minimum Gasteiger partial charge on any atom is -0.378 e. The molecule has 0 unspecified atom stereocenters. The summed E-state index contributed by atoms with van der Waals surface area (Å²) in [5, 5.41) is 3.04. The summed E-state index contributed by atoms with van der Waals surface area (Å²) in [5.74, 6) is 0.619. The number of morpholine rings is 1. The van der Waals surface area contributed by atoms with Gasteiger partial charge in [0.05, 0.1) is 13.2 Å². The maximum atomic E-state index is 12.5. The smallest absolute Gasteiger partial charge is 0.225 e. The van der Waals surface area contributed by atoms with Gasteiger partial charge in [-0.1, -0.05) is 0 Å². The molecule has 0 aromatic rings. The van der Waals surface area contributed by atoms with Gasteiger partial charge >= 0.3 is 0 Å². The fraction of sp³-hybridized carbons (Fsp3) is 0.882. The molecule has 1 N–H and O–H groups in total. The third-order valence-electron chi connectivity index (χ3n) is 4.85. The van der Waals surface area contributed by atoms with Crippen molar-refractivity contribution in [2.24, 2.45) is 11.8 Å². The largest absolute Gasteiger partial charge is 0.378 e. The Balaban J connectivity index is 1.66. The van der Waals surface area contributed by atoms with Gasteiger partial charge in [0.15, 0.2) is 0 Å². The molecule has 132 valence electrons. The van der Waals surface area contributed by atoms with Gasteiger partial charge in [-0.05, 0) is 52.7 Å². The van der Waals surface area contributed by atoms with Crippen molar-refractivity contribution in [3.05, 3.63) is 0 Å². The number of hydrogen-bond acceptors (Lipinski definition) is 4. The molecule has 2 rings (SSSR count). The lowest BCUT2D eigenvalue weighted by atomic mass is 9.81. The quantitative estimate of drug-likeness (QED) is 0.731. The van der Waals surface area contributed by atoms with Gasteiger partial charge in [-0.25, -0.2) is 0 Å². The SMILES string of the molecule is CN(C)CCCNC(=O)C1CCC(C(=O)N2CCOCC2)CC1. The van der Waals surface area contributed by atoms with Crippen molar-refractivity contribution in [1.29, 1.82) is 0 Å². The van der Waals surface area contributed by atoms with Crippen LogP contribution in [0.25, 0.3) is 0 Å². The molecule has 2 amide bonds. The molecule has 6 heteroatoms. The summed E-state index contributed by atoms with van der Waals surface area (Å²) < 4.78 is 5.30. The average molecular weight is 325 g/mol. The summed E-state index contributed by atoms with van der Waals surface area (Å²) in [5.41, 5.74) is 0. The minimum atomic E-state index is 0.0862. The number of nitrogens with one attached hydrogen (secondary N) is 1. The van der Waals surface area contributed by atoms with Gasteiger partial charge in [-0.3, -0.25) is 9.59 Å². The molecule has 1 aliphatic heterocycles. The van der Waals surface area contributed by atoms with Crippen molar-refractivity contribution in [3.8, 4) is 0 Å². The number of amides is 2. The van der Waals surface area contributed by atoms with E-state index in [9.17, 15) is 9.59 Å². The van der Waals surface area contributed by atoms with Crippen LogP contribution in [-0.4, -0.2) is 75.1 Å². The average Bonchev–Trinajstić information content (AvgIpc) is 2.58. The van der Waals surface area contributed by atoms with Crippen LogP contribution < -0.4 is 5.32 Å². The molecule has 2 fully saturated rings. The van der Waals surface area contributed by atoms with E-state index >= 15 is 0 Å². The highest BCUT2D eigenvalue weighted by molar-refractivity contribution is 5.81. The van der Waals surface area contributed by atoms with E-state index in [-0.39, 0.29) is 23.7 Å². The Hall–Kier alpha value is -1.14. The number of rotatable bonds is 6. The van der Waals surface area contributed by atoms with Gasteiger partial charge in [0, 0.05) is 31.5 Å². The van der Waals surface area contributed by atoms with Gasteiger partial charge in [0.2, 0.25) is 11.8 Å². The van der Waals surface area contributed by atoms with Crippen molar-refractivity contribution >= 4 is 11.8 Å². The molecule has 0 aromatic carbocycles. The Morgan fingerprint density at radius 1 is 1.09 bits per heavy atom. The Bertz CT molecular complexity index is 387. The molecule has 1 saturated carbocycles. The Morgan fingerprint density at radius 3 is 2.30 bits per heavy atom. The predicted octanol–water partition coefficient (Wildman–Crippen LogP) is 0.720. The zero-order chi connectivity index (χ0) is 16.7. The van der Waals surface area contributed by atoms with E-state index in [2.05, 4.69) is 10.2 Å². The Kier molecular flexibility index (Phi) is 7.30. The van der Waals surface area contributed by atoms with Crippen molar-refractivity contribution in [1.82, 2.24) is 15.1 Å². The Morgan fingerprint density at radius 2 is 1.70 bits per heavy atom. The van der Waals surface area contributed by atoms with E-state index in [0.29, 0.717) is 26.3 Å². The number of carbonyl (C=O) groups is 2. The zero-order valence-corrected chi connectivity index (χ0v) is 14.6. The van der Waals surface area contributed by atoms with Crippen molar-refractivity contribution in [2.75, 3.05) is 53.5 Å². The number of hydrogen-bond donors (Lipinski definition) is 1. The van der Waals surface area contributed by atoms with E-state index in [1.165, 1.54) is 0 Å². The second-order valence-electron chi connectivity index (χ2n) is 6.93. The molecule has 0 bridgehead atoms. The first kappa shape index (κ1) is 18.2. The molecule has 0 spiro atoms. The standard InChI is InChI=1S/C17H31N3O3/c1-19(2)9-3-8-18-16(21)14-4-6-15(7-5-14)17(22)20-10-12-23-13-11-20/h14-15H,3-13H2,1-2H3,(H,18,21). The molecule has 1 heterocycles. The van der Waals surface area contributed by atoms with Crippen LogP contribution >= 0.6 is 0 Å². The first-order valence-corrected chi connectivity index (χ1v) is 8.87. The van der Waals surface area contributed by atoms with Crippen molar-refractivity contribution < 1.29 is 14.3 Å². The minimum absolute atomic E-state index is 0.0862. The summed E-state index contributed by atoms with van der Waals surface area (Å²) in [4.78, 5) is 28.7. The Labute approximate surface area is 139 Å². The van der Waals surface area contributed by atoms with Crippen LogP contribution in [0.4, 0.5) is 0 Å². The monoisotopic (exact) mass is 325 g/mol. The molecular formula is C17H31N3O3. The summed E-state index contributed by atoms with van der Waals surface area (Å²) in [6.07, 6.45) is 4.32. The normalized spacial score (nSPS) is 25.4. The third-order valence-corrected chi connectivity index (χ3v) is 4.85. The van der Waals surface area contributed by atoms with Crippen molar-refractivity contribution in [3.63, 3.8) is 0 Å². The molecule has 0 atom stereocenters. The number of ether oxygens (including phenoxy) is 1. The van der Waals surface area contributed by atoms with Gasteiger partial charge in [-0.15, -0.1) is 0 Å². The third kappa shape index (κ3) is 5.77. The molecule has 0 aromatic heterocycles. The fourth-order valence-corrected chi connectivity index (χ4v) is 3.40. The van der Waals surface area contributed by atoms with Gasteiger partial charge in [-0.2, -0.15) is 0 Å². The van der Waals surface area contributed by atoms with Crippen LogP contribution in [0, 0.1) is 11.8 Å². The molecule has 0 radical (unpaired) electrons. The maximum Gasteiger partial charge on any atom is 0.225 e. The summed E-state index contributed by atoms with van der Waals surface area (Å²) in [6, 6.07) is 0. The van der Waals surface area contributed by atoms with Crippen LogP contribution in [0.2, 0.25) is 0 Å². The summed E-state index contributed by atoms with van der Waals surface area (Å²) in [7, 11) is 4.07. The van der Waals surface area contributed by atoms with E-state index in [0.717, 1.165) is 45.2 Å². The second kappa shape index (κ2) is 9.23. The highest BCUT2D eigenvalue weighted by Gasteiger charge is 2.32. The summed E-state index contributed by atoms with van der Waals surface area (Å²) >= 11 is 0. The molecule has 1 aliphatic carbocycles.